The zero-order valence-electron chi connectivity index (χ0n) is 17.0. The van der Waals surface area contributed by atoms with E-state index in [4.69, 9.17) is 4.74 Å². The SMILES string of the molecule is CC(C)OC(=O)c1c(NC(=O)c2ccc([N+](=O)[O-])cc2[N+](=O)[O-])sc2c1CCCCC2. The maximum absolute atomic E-state index is 12.9. The Bertz CT molecular complexity index is 1060. The second-order valence-electron chi connectivity index (χ2n) is 7.39. The summed E-state index contributed by atoms with van der Waals surface area (Å²) in [5, 5.41) is 25.2. The second kappa shape index (κ2) is 9.21. The minimum Gasteiger partial charge on any atom is -0.459 e. The van der Waals surface area contributed by atoms with Crippen molar-refractivity contribution in [2.24, 2.45) is 0 Å². The van der Waals surface area contributed by atoms with Crippen LogP contribution in [0.2, 0.25) is 0 Å². The smallest absolute Gasteiger partial charge is 0.341 e. The number of carbonyl (C=O) groups is 2. The summed E-state index contributed by atoms with van der Waals surface area (Å²) in [6.45, 7) is 3.45. The highest BCUT2D eigenvalue weighted by atomic mass is 32.1. The summed E-state index contributed by atoms with van der Waals surface area (Å²) >= 11 is 1.27. The van der Waals surface area contributed by atoms with Crippen LogP contribution in [0.3, 0.4) is 0 Å². The van der Waals surface area contributed by atoms with E-state index < -0.39 is 33.1 Å². The number of non-ortho nitro benzene ring substituents is 1. The molecule has 1 amide bonds. The molecule has 10 nitrogen and oxygen atoms in total. The molecule has 1 aliphatic rings. The van der Waals surface area contributed by atoms with Crippen molar-refractivity contribution in [3.8, 4) is 0 Å². The van der Waals surface area contributed by atoms with Crippen molar-refractivity contribution in [3.63, 3.8) is 0 Å². The third-order valence-corrected chi connectivity index (χ3v) is 6.04. The van der Waals surface area contributed by atoms with Gasteiger partial charge in [0.2, 0.25) is 0 Å². The van der Waals surface area contributed by atoms with Crippen molar-refractivity contribution < 1.29 is 24.2 Å². The molecular weight excluding hydrogens is 426 g/mol. The molecule has 11 heteroatoms. The molecule has 0 saturated heterocycles. The van der Waals surface area contributed by atoms with E-state index in [2.05, 4.69) is 5.32 Å². The van der Waals surface area contributed by atoms with Crippen LogP contribution >= 0.6 is 11.3 Å². The minimum atomic E-state index is -0.848. The molecule has 1 aromatic carbocycles. The van der Waals surface area contributed by atoms with Gasteiger partial charge >= 0.3 is 5.97 Å². The second-order valence-corrected chi connectivity index (χ2v) is 8.50. The number of benzene rings is 1. The number of amides is 1. The van der Waals surface area contributed by atoms with Gasteiger partial charge in [-0.3, -0.25) is 25.0 Å². The van der Waals surface area contributed by atoms with Crippen LogP contribution in [0.1, 0.15) is 64.3 Å². The summed E-state index contributed by atoms with van der Waals surface area (Å²) in [6, 6.07) is 2.81. The van der Waals surface area contributed by atoms with Crippen LogP contribution in [-0.2, 0) is 17.6 Å². The molecule has 0 atom stereocenters. The van der Waals surface area contributed by atoms with E-state index in [1.54, 1.807) is 13.8 Å². The molecule has 0 spiro atoms. The van der Waals surface area contributed by atoms with Gasteiger partial charge in [0.25, 0.3) is 17.3 Å². The van der Waals surface area contributed by atoms with Crippen molar-refractivity contribution in [3.05, 3.63) is 60.0 Å². The fraction of sp³-hybridized carbons (Fsp3) is 0.400. The van der Waals surface area contributed by atoms with Crippen molar-refractivity contribution in [2.75, 3.05) is 5.32 Å². The molecule has 1 heterocycles. The Kier molecular flexibility index (Phi) is 6.64. The lowest BCUT2D eigenvalue weighted by molar-refractivity contribution is -0.394. The lowest BCUT2D eigenvalue weighted by atomic mass is 10.1. The summed E-state index contributed by atoms with van der Waals surface area (Å²) in [4.78, 5) is 47.3. The number of esters is 1. The van der Waals surface area contributed by atoms with Crippen LogP contribution in [0.4, 0.5) is 16.4 Å². The monoisotopic (exact) mass is 447 g/mol. The summed E-state index contributed by atoms with van der Waals surface area (Å²) in [5.74, 6) is -1.38. The maximum atomic E-state index is 12.9. The number of thiophene rings is 1. The number of rotatable bonds is 6. The summed E-state index contributed by atoms with van der Waals surface area (Å²) in [7, 11) is 0. The number of nitrogens with zero attached hydrogens (tertiary/aromatic N) is 2. The molecule has 0 bridgehead atoms. The van der Waals surface area contributed by atoms with E-state index in [-0.39, 0.29) is 22.2 Å². The van der Waals surface area contributed by atoms with Gasteiger partial charge in [-0.1, -0.05) is 6.42 Å². The van der Waals surface area contributed by atoms with Crippen LogP contribution in [-0.4, -0.2) is 27.8 Å². The van der Waals surface area contributed by atoms with E-state index in [9.17, 15) is 29.8 Å². The van der Waals surface area contributed by atoms with Crippen molar-refractivity contribution >= 4 is 39.6 Å². The van der Waals surface area contributed by atoms with Crippen LogP contribution in [0.15, 0.2) is 18.2 Å². The van der Waals surface area contributed by atoms with E-state index in [0.717, 1.165) is 54.3 Å². The summed E-state index contributed by atoms with van der Waals surface area (Å²) < 4.78 is 5.37. The Morgan fingerprint density at radius 3 is 2.45 bits per heavy atom. The Hall–Kier alpha value is -3.34. The lowest BCUT2D eigenvalue weighted by Crippen LogP contribution is -2.18. The van der Waals surface area contributed by atoms with Crippen LogP contribution < -0.4 is 5.32 Å². The molecule has 2 aromatic rings. The standard InChI is InChI=1S/C20H21N3O7S/c1-11(2)30-20(25)17-14-6-4-3-5-7-16(14)31-19(17)21-18(24)13-9-8-12(22(26)27)10-15(13)23(28)29/h8-11H,3-7H2,1-2H3,(H,21,24). The Balaban J connectivity index is 2.01. The van der Waals surface area contributed by atoms with Gasteiger partial charge in [0.05, 0.1) is 27.6 Å². The van der Waals surface area contributed by atoms with E-state index in [0.29, 0.717) is 6.42 Å². The molecule has 1 aromatic heterocycles. The number of hydrogen-bond donors (Lipinski definition) is 1. The predicted molar refractivity (Wildman–Crippen MR) is 114 cm³/mol. The largest absolute Gasteiger partial charge is 0.459 e. The number of nitro benzene ring substituents is 2. The fourth-order valence-corrected chi connectivity index (χ4v) is 4.74. The average molecular weight is 447 g/mol. The van der Waals surface area contributed by atoms with E-state index in [1.807, 2.05) is 0 Å². The lowest BCUT2D eigenvalue weighted by Gasteiger charge is -2.11. The summed E-state index contributed by atoms with van der Waals surface area (Å²) in [5.41, 5.74) is -0.374. The number of hydrogen-bond acceptors (Lipinski definition) is 8. The van der Waals surface area contributed by atoms with Crippen molar-refractivity contribution in [2.45, 2.75) is 52.1 Å². The van der Waals surface area contributed by atoms with E-state index >= 15 is 0 Å². The van der Waals surface area contributed by atoms with Gasteiger partial charge in [-0.2, -0.15) is 0 Å². The molecule has 1 N–H and O–H groups in total. The van der Waals surface area contributed by atoms with Gasteiger partial charge < -0.3 is 10.1 Å². The van der Waals surface area contributed by atoms with Gasteiger partial charge in [-0.05, 0) is 51.2 Å². The van der Waals surface area contributed by atoms with Crippen molar-refractivity contribution in [1.29, 1.82) is 0 Å². The highest BCUT2D eigenvalue weighted by Crippen LogP contribution is 2.38. The maximum Gasteiger partial charge on any atom is 0.341 e. The first-order valence-corrected chi connectivity index (χ1v) is 10.6. The average Bonchev–Trinajstić information content (AvgIpc) is 2.87. The quantitative estimate of drug-likeness (QED) is 0.294. The van der Waals surface area contributed by atoms with Gasteiger partial charge in [0, 0.05) is 10.9 Å². The Morgan fingerprint density at radius 1 is 1.10 bits per heavy atom. The van der Waals surface area contributed by atoms with Gasteiger partial charge in [0.1, 0.15) is 10.6 Å². The first-order chi connectivity index (χ1) is 14.7. The molecule has 0 saturated carbocycles. The topological polar surface area (TPSA) is 142 Å². The Labute approximate surface area is 181 Å². The summed E-state index contributed by atoms with van der Waals surface area (Å²) in [6.07, 6.45) is 4.02. The number of ether oxygens (including phenoxy) is 1. The van der Waals surface area contributed by atoms with Gasteiger partial charge in [-0.15, -0.1) is 11.3 Å². The van der Waals surface area contributed by atoms with Crippen LogP contribution in [0.25, 0.3) is 0 Å². The number of aryl methyl sites for hydroxylation is 1. The highest BCUT2D eigenvalue weighted by Gasteiger charge is 2.30. The van der Waals surface area contributed by atoms with Gasteiger partial charge in [-0.25, -0.2) is 4.79 Å². The molecule has 3 rings (SSSR count). The molecular formula is C20H21N3O7S. The number of nitro groups is 2. The molecule has 164 valence electrons. The third-order valence-electron chi connectivity index (χ3n) is 4.83. The molecule has 1 aliphatic carbocycles. The minimum absolute atomic E-state index is 0.273. The number of anilines is 1. The predicted octanol–water partition coefficient (Wildman–Crippen LogP) is 4.65. The first-order valence-electron chi connectivity index (χ1n) is 9.78. The number of nitrogens with one attached hydrogen (secondary N) is 1. The number of carbonyl (C=O) groups excluding carboxylic acids is 2. The fourth-order valence-electron chi connectivity index (χ4n) is 3.47. The highest BCUT2D eigenvalue weighted by molar-refractivity contribution is 7.17. The Morgan fingerprint density at radius 2 is 1.81 bits per heavy atom. The molecule has 0 aliphatic heterocycles. The normalized spacial score (nSPS) is 13.3. The van der Waals surface area contributed by atoms with E-state index in [1.165, 1.54) is 11.3 Å². The molecule has 31 heavy (non-hydrogen) atoms. The van der Waals surface area contributed by atoms with Crippen molar-refractivity contribution in [1.82, 2.24) is 0 Å². The number of fused-ring (bicyclic) bond motifs is 1. The first kappa shape index (κ1) is 22.3. The zero-order valence-corrected chi connectivity index (χ0v) is 17.8. The van der Waals surface area contributed by atoms with Crippen LogP contribution in [0, 0.1) is 20.2 Å². The molecule has 0 unspecified atom stereocenters. The molecule has 0 radical (unpaired) electrons. The third kappa shape index (κ3) is 4.88. The van der Waals surface area contributed by atoms with Gasteiger partial charge in [0.15, 0.2) is 0 Å². The zero-order chi connectivity index (χ0) is 22.7. The molecule has 0 fully saturated rings. The van der Waals surface area contributed by atoms with Crippen LogP contribution in [0.5, 0.6) is 0 Å².